The first-order valence-electron chi connectivity index (χ1n) is 9.06. The van der Waals surface area contributed by atoms with Crippen molar-refractivity contribution in [2.45, 2.75) is 26.7 Å². The third-order valence-electron chi connectivity index (χ3n) is 4.50. The number of rotatable bonds is 5. The number of anilines is 2. The second-order valence-electron chi connectivity index (χ2n) is 6.15. The van der Waals surface area contributed by atoms with Crippen LogP contribution in [0, 0.1) is 0 Å². The molecule has 0 radical (unpaired) electrons. The Balaban J connectivity index is 1.85. The fourth-order valence-electron chi connectivity index (χ4n) is 3.13. The summed E-state index contributed by atoms with van der Waals surface area (Å²) >= 11 is 5.62. The maximum atomic E-state index is 5.62. The summed E-state index contributed by atoms with van der Waals surface area (Å²) in [7, 11) is 0. The Kier molecular flexibility index (Phi) is 6.03. The Bertz CT molecular complexity index is 865. The molecular formula is C23H24N2S. The molecule has 132 valence electrons. The molecule has 2 nitrogen and oxygen atoms in total. The van der Waals surface area contributed by atoms with E-state index >= 15 is 0 Å². The number of benzene rings is 3. The number of thiocarbonyl (C=S) groups is 1. The van der Waals surface area contributed by atoms with E-state index in [4.69, 9.17) is 12.2 Å². The van der Waals surface area contributed by atoms with Crippen LogP contribution >= 0.6 is 12.2 Å². The van der Waals surface area contributed by atoms with Crippen LogP contribution in [0.15, 0.2) is 72.8 Å². The molecule has 3 heteroatoms. The molecule has 3 aromatic carbocycles. The highest BCUT2D eigenvalue weighted by Crippen LogP contribution is 2.28. The van der Waals surface area contributed by atoms with Crippen molar-refractivity contribution in [2.75, 3.05) is 10.6 Å². The van der Waals surface area contributed by atoms with E-state index in [2.05, 4.69) is 66.9 Å². The average molecular weight is 361 g/mol. The molecule has 0 aromatic heterocycles. The summed E-state index contributed by atoms with van der Waals surface area (Å²) in [6, 6.07) is 25.0. The number of para-hydroxylation sites is 2. The molecule has 26 heavy (non-hydrogen) atoms. The van der Waals surface area contributed by atoms with Crippen LogP contribution in [0.4, 0.5) is 11.4 Å². The van der Waals surface area contributed by atoms with Gasteiger partial charge in [-0.1, -0.05) is 80.6 Å². The zero-order valence-electron chi connectivity index (χ0n) is 15.3. The number of nitrogens with one attached hydrogen (secondary N) is 2. The van der Waals surface area contributed by atoms with E-state index in [1.54, 1.807) is 0 Å². The van der Waals surface area contributed by atoms with Gasteiger partial charge in [-0.25, -0.2) is 0 Å². The molecule has 0 aliphatic rings. The monoisotopic (exact) mass is 360 g/mol. The van der Waals surface area contributed by atoms with E-state index in [0.717, 1.165) is 29.8 Å². The van der Waals surface area contributed by atoms with Crippen molar-refractivity contribution >= 4 is 28.7 Å². The van der Waals surface area contributed by atoms with Gasteiger partial charge < -0.3 is 10.6 Å². The quantitative estimate of drug-likeness (QED) is 0.523. The molecule has 0 unspecified atom stereocenters. The summed E-state index contributed by atoms with van der Waals surface area (Å²) < 4.78 is 0. The smallest absolute Gasteiger partial charge is 0.175 e. The standard InChI is InChI=1S/C23H24N2S/c1-3-17-13-10-14-18(4-2)22(17)25-23(26)24-21-16-9-8-15-20(21)19-11-6-5-7-12-19/h5-16H,3-4H2,1-2H3,(H2,24,25,26). The van der Waals surface area contributed by atoms with Crippen LogP contribution in [-0.4, -0.2) is 5.11 Å². The normalized spacial score (nSPS) is 10.4. The summed E-state index contributed by atoms with van der Waals surface area (Å²) in [5, 5.41) is 7.42. The maximum Gasteiger partial charge on any atom is 0.175 e. The highest BCUT2D eigenvalue weighted by molar-refractivity contribution is 7.80. The maximum absolute atomic E-state index is 5.62. The van der Waals surface area contributed by atoms with Crippen molar-refractivity contribution in [1.82, 2.24) is 0 Å². The highest BCUT2D eigenvalue weighted by Gasteiger charge is 2.10. The first-order valence-corrected chi connectivity index (χ1v) is 9.47. The first kappa shape index (κ1) is 18.2. The minimum atomic E-state index is 0.615. The number of hydrogen-bond acceptors (Lipinski definition) is 1. The summed E-state index contributed by atoms with van der Waals surface area (Å²) in [6.07, 6.45) is 1.94. The second kappa shape index (κ2) is 8.63. The van der Waals surface area contributed by atoms with Crippen molar-refractivity contribution in [3.63, 3.8) is 0 Å². The van der Waals surface area contributed by atoms with Crippen molar-refractivity contribution in [3.05, 3.63) is 83.9 Å². The predicted octanol–water partition coefficient (Wildman–Crippen LogP) is 6.29. The molecule has 0 bridgehead atoms. The number of aryl methyl sites for hydroxylation is 2. The molecule has 0 aliphatic carbocycles. The van der Waals surface area contributed by atoms with Crippen molar-refractivity contribution in [3.8, 4) is 11.1 Å². The van der Waals surface area contributed by atoms with E-state index in [-0.39, 0.29) is 0 Å². The second-order valence-corrected chi connectivity index (χ2v) is 6.56. The van der Waals surface area contributed by atoms with E-state index < -0.39 is 0 Å². The van der Waals surface area contributed by atoms with Crippen molar-refractivity contribution in [2.24, 2.45) is 0 Å². The van der Waals surface area contributed by atoms with E-state index in [1.807, 2.05) is 30.3 Å². The Morgan fingerprint density at radius 3 is 2.00 bits per heavy atom. The third kappa shape index (κ3) is 4.12. The van der Waals surface area contributed by atoms with Crippen LogP contribution in [0.5, 0.6) is 0 Å². The zero-order chi connectivity index (χ0) is 18.4. The zero-order valence-corrected chi connectivity index (χ0v) is 16.1. The van der Waals surface area contributed by atoms with Crippen LogP contribution in [0.2, 0.25) is 0 Å². The van der Waals surface area contributed by atoms with Gasteiger partial charge in [0.15, 0.2) is 5.11 Å². The summed E-state index contributed by atoms with van der Waals surface area (Å²) in [6.45, 7) is 4.34. The number of hydrogen-bond donors (Lipinski definition) is 2. The molecule has 0 aliphatic heterocycles. The molecule has 3 rings (SSSR count). The van der Waals surface area contributed by atoms with Gasteiger partial charge in [-0.2, -0.15) is 0 Å². The van der Waals surface area contributed by atoms with Crippen LogP contribution in [-0.2, 0) is 12.8 Å². The Labute approximate surface area is 161 Å². The van der Waals surface area contributed by atoms with Crippen LogP contribution < -0.4 is 10.6 Å². The molecule has 0 fully saturated rings. The lowest BCUT2D eigenvalue weighted by Gasteiger charge is -2.18. The van der Waals surface area contributed by atoms with Crippen molar-refractivity contribution in [1.29, 1.82) is 0 Å². The van der Waals surface area contributed by atoms with Gasteiger partial charge in [0.25, 0.3) is 0 Å². The molecular weight excluding hydrogens is 336 g/mol. The fourth-order valence-corrected chi connectivity index (χ4v) is 3.34. The van der Waals surface area contributed by atoms with Gasteiger partial charge in [-0.05, 0) is 47.8 Å². The largest absolute Gasteiger partial charge is 0.332 e. The Morgan fingerprint density at radius 1 is 0.731 bits per heavy atom. The molecule has 0 spiro atoms. The molecule has 0 saturated carbocycles. The van der Waals surface area contributed by atoms with E-state index in [0.29, 0.717) is 5.11 Å². The van der Waals surface area contributed by atoms with E-state index in [9.17, 15) is 0 Å². The van der Waals surface area contributed by atoms with Crippen LogP contribution in [0.1, 0.15) is 25.0 Å². The Morgan fingerprint density at radius 2 is 1.35 bits per heavy atom. The third-order valence-corrected chi connectivity index (χ3v) is 4.70. The lowest BCUT2D eigenvalue weighted by Crippen LogP contribution is -2.21. The lowest BCUT2D eigenvalue weighted by molar-refractivity contribution is 1.09. The van der Waals surface area contributed by atoms with Gasteiger partial charge in [0.05, 0.1) is 0 Å². The van der Waals surface area contributed by atoms with Gasteiger partial charge in [0, 0.05) is 16.9 Å². The molecule has 2 N–H and O–H groups in total. The average Bonchev–Trinajstić information content (AvgIpc) is 2.69. The summed E-state index contributed by atoms with van der Waals surface area (Å²) in [5.41, 5.74) is 7.00. The molecule has 0 atom stereocenters. The van der Waals surface area contributed by atoms with Crippen LogP contribution in [0.3, 0.4) is 0 Å². The van der Waals surface area contributed by atoms with Gasteiger partial charge in [0.2, 0.25) is 0 Å². The molecule has 0 saturated heterocycles. The van der Waals surface area contributed by atoms with Gasteiger partial charge in [-0.3, -0.25) is 0 Å². The fraction of sp³-hybridized carbons (Fsp3) is 0.174. The highest BCUT2D eigenvalue weighted by atomic mass is 32.1. The minimum Gasteiger partial charge on any atom is -0.332 e. The molecule has 3 aromatic rings. The van der Waals surface area contributed by atoms with Gasteiger partial charge in [-0.15, -0.1) is 0 Å². The van der Waals surface area contributed by atoms with Crippen molar-refractivity contribution < 1.29 is 0 Å². The van der Waals surface area contributed by atoms with Crippen LogP contribution in [0.25, 0.3) is 11.1 Å². The summed E-state index contributed by atoms with van der Waals surface area (Å²) in [4.78, 5) is 0. The lowest BCUT2D eigenvalue weighted by atomic mass is 10.0. The van der Waals surface area contributed by atoms with Gasteiger partial charge in [0.1, 0.15) is 0 Å². The van der Waals surface area contributed by atoms with Gasteiger partial charge >= 0.3 is 0 Å². The first-order chi connectivity index (χ1) is 12.7. The Hall–Kier alpha value is -2.65. The topological polar surface area (TPSA) is 24.1 Å². The predicted molar refractivity (Wildman–Crippen MR) is 117 cm³/mol. The molecule has 0 heterocycles. The minimum absolute atomic E-state index is 0.615. The summed E-state index contributed by atoms with van der Waals surface area (Å²) in [5.74, 6) is 0. The SMILES string of the molecule is CCc1cccc(CC)c1NC(=S)Nc1ccccc1-c1ccccc1. The molecule has 0 amide bonds. The van der Waals surface area contributed by atoms with E-state index in [1.165, 1.54) is 16.7 Å².